The lowest BCUT2D eigenvalue weighted by molar-refractivity contribution is -0.128. The second-order valence-corrected chi connectivity index (χ2v) is 7.72. The van der Waals surface area contributed by atoms with Gasteiger partial charge in [-0.3, -0.25) is 14.5 Å². The molecular weight excluding hydrogens is 350 g/mol. The quantitative estimate of drug-likeness (QED) is 0.839. The van der Waals surface area contributed by atoms with Gasteiger partial charge in [0.05, 0.1) is 6.04 Å². The highest BCUT2D eigenvalue weighted by molar-refractivity contribution is 5.95. The average Bonchev–Trinajstić information content (AvgIpc) is 3.32. The molecule has 0 bridgehead atoms. The van der Waals surface area contributed by atoms with Crippen molar-refractivity contribution in [3.05, 3.63) is 65.7 Å². The predicted molar refractivity (Wildman–Crippen MR) is 110 cm³/mol. The minimum absolute atomic E-state index is 0.0582. The van der Waals surface area contributed by atoms with Crippen LogP contribution in [0.25, 0.3) is 0 Å². The SMILES string of the molecule is O=C(Nc1cccc(CN2CCCC2=O)c1)C1CCCN1Cc1ccccc1. The maximum absolute atomic E-state index is 12.9. The van der Waals surface area contributed by atoms with Gasteiger partial charge in [0.15, 0.2) is 0 Å². The van der Waals surface area contributed by atoms with Crippen LogP contribution >= 0.6 is 0 Å². The number of rotatable bonds is 6. The van der Waals surface area contributed by atoms with Gasteiger partial charge in [0.1, 0.15) is 0 Å². The van der Waals surface area contributed by atoms with Crippen molar-refractivity contribution in [2.75, 3.05) is 18.4 Å². The normalized spacial score (nSPS) is 19.9. The number of anilines is 1. The van der Waals surface area contributed by atoms with E-state index in [0.29, 0.717) is 13.0 Å². The Morgan fingerprint density at radius 3 is 2.57 bits per heavy atom. The fraction of sp³-hybridized carbons (Fsp3) is 0.391. The first kappa shape index (κ1) is 18.7. The van der Waals surface area contributed by atoms with Crippen molar-refractivity contribution in [2.45, 2.75) is 44.8 Å². The molecule has 2 aliphatic rings. The van der Waals surface area contributed by atoms with Crippen molar-refractivity contribution >= 4 is 17.5 Å². The molecule has 2 aliphatic heterocycles. The molecule has 28 heavy (non-hydrogen) atoms. The maximum Gasteiger partial charge on any atom is 0.241 e. The molecule has 1 atom stereocenters. The fourth-order valence-corrected chi connectivity index (χ4v) is 4.19. The van der Waals surface area contributed by atoms with Crippen LogP contribution in [0.1, 0.15) is 36.8 Å². The Labute approximate surface area is 166 Å². The monoisotopic (exact) mass is 377 g/mol. The van der Waals surface area contributed by atoms with Gasteiger partial charge in [0, 0.05) is 31.7 Å². The third-order valence-electron chi connectivity index (χ3n) is 5.63. The Morgan fingerprint density at radius 2 is 1.79 bits per heavy atom. The van der Waals surface area contributed by atoms with Gasteiger partial charge in [-0.25, -0.2) is 0 Å². The van der Waals surface area contributed by atoms with Crippen LogP contribution in [-0.2, 0) is 22.7 Å². The molecule has 0 spiro atoms. The van der Waals surface area contributed by atoms with Crippen molar-refractivity contribution in [2.24, 2.45) is 0 Å². The van der Waals surface area contributed by atoms with Crippen LogP contribution in [0.3, 0.4) is 0 Å². The molecule has 2 aromatic carbocycles. The lowest BCUT2D eigenvalue weighted by atomic mass is 10.1. The summed E-state index contributed by atoms with van der Waals surface area (Å²) in [5, 5.41) is 3.09. The minimum Gasteiger partial charge on any atom is -0.338 e. The standard InChI is InChI=1S/C23H27N3O2/c27-22-12-6-14-26(22)17-19-9-4-10-20(15-19)24-23(28)21-11-5-13-25(21)16-18-7-2-1-3-8-18/h1-4,7-10,15,21H,5-6,11-14,16-17H2,(H,24,28). The van der Waals surface area contributed by atoms with Gasteiger partial charge >= 0.3 is 0 Å². The van der Waals surface area contributed by atoms with Crippen LogP contribution < -0.4 is 5.32 Å². The molecule has 1 N–H and O–H groups in total. The van der Waals surface area contributed by atoms with E-state index in [-0.39, 0.29) is 17.9 Å². The molecule has 1 unspecified atom stereocenters. The third kappa shape index (κ3) is 4.42. The van der Waals surface area contributed by atoms with Gasteiger partial charge in [-0.15, -0.1) is 0 Å². The zero-order chi connectivity index (χ0) is 19.3. The zero-order valence-electron chi connectivity index (χ0n) is 16.1. The molecule has 2 fully saturated rings. The lowest BCUT2D eigenvalue weighted by Crippen LogP contribution is -2.39. The van der Waals surface area contributed by atoms with Crippen LogP contribution in [0.5, 0.6) is 0 Å². The van der Waals surface area contributed by atoms with E-state index in [9.17, 15) is 9.59 Å². The van der Waals surface area contributed by atoms with Gasteiger partial charge < -0.3 is 10.2 Å². The summed E-state index contributed by atoms with van der Waals surface area (Å²) in [7, 11) is 0. The van der Waals surface area contributed by atoms with Crippen LogP contribution in [0, 0.1) is 0 Å². The van der Waals surface area contributed by atoms with Gasteiger partial charge in [0.25, 0.3) is 0 Å². The summed E-state index contributed by atoms with van der Waals surface area (Å²) in [6.07, 6.45) is 3.52. The minimum atomic E-state index is -0.0935. The maximum atomic E-state index is 12.9. The van der Waals surface area contributed by atoms with Crippen molar-refractivity contribution < 1.29 is 9.59 Å². The molecule has 0 aromatic heterocycles. The largest absolute Gasteiger partial charge is 0.338 e. The molecule has 5 nitrogen and oxygen atoms in total. The molecule has 2 aromatic rings. The Balaban J connectivity index is 1.38. The highest BCUT2D eigenvalue weighted by Gasteiger charge is 2.30. The number of amides is 2. The van der Waals surface area contributed by atoms with Crippen molar-refractivity contribution in [1.29, 1.82) is 0 Å². The number of nitrogens with one attached hydrogen (secondary N) is 1. The average molecular weight is 377 g/mol. The Morgan fingerprint density at radius 1 is 0.964 bits per heavy atom. The molecule has 146 valence electrons. The molecule has 0 radical (unpaired) electrons. The summed E-state index contributed by atoms with van der Waals surface area (Å²) in [6, 6.07) is 18.1. The van der Waals surface area contributed by atoms with E-state index in [2.05, 4.69) is 22.3 Å². The highest BCUT2D eigenvalue weighted by atomic mass is 16.2. The zero-order valence-corrected chi connectivity index (χ0v) is 16.1. The summed E-state index contributed by atoms with van der Waals surface area (Å²) in [6.45, 7) is 3.19. The second-order valence-electron chi connectivity index (χ2n) is 7.72. The number of benzene rings is 2. The topological polar surface area (TPSA) is 52.7 Å². The fourth-order valence-electron chi connectivity index (χ4n) is 4.19. The molecular formula is C23H27N3O2. The van der Waals surface area contributed by atoms with E-state index in [1.807, 2.05) is 47.4 Å². The van der Waals surface area contributed by atoms with Crippen LogP contribution in [0.2, 0.25) is 0 Å². The van der Waals surface area contributed by atoms with E-state index in [0.717, 1.165) is 50.1 Å². The summed E-state index contributed by atoms with van der Waals surface area (Å²) >= 11 is 0. The van der Waals surface area contributed by atoms with Crippen LogP contribution in [0.15, 0.2) is 54.6 Å². The van der Waals surface area contributed by atoms with E-state index < -0.39 is 0 Å². The molecule has 2 amide bonds. The molecule has 0 saturated carbocycles. The molecule has 4 rings (SSSR count). The van der Waals surface area contributed by atoms with Crippen molar-refractivity contribution in [3.63, 3.8) is 0 Å². The van der Waals surface area contributed by atoms with Crippen LogP contribution in [-0.4, -0.2) is 40.7 Å². The van der Waals surface area contributed by atoms with E-state index >= 15 is 0 Å². The van der Waals surface area contributed by atoms with Crippen molar-refractivity contribution in [1.82, 2.24) is 9.80 Å². The second kappa shape index (κ2) is 8.57. The first-order chi connectivity index (χ1) is 13.7. The molecule has 5 heteroatoms. The number of hydrogen-bond donors (Lipinski definition) is 1. The van der Waals surface area contributed by atoms with E-state index in [4.69, 9.17) is 0 Å². The summed E-state index contributed by atoms with van der Waals surface area (Å²) in [4.78, 5) is 28.9. The van der Waals surface area contributed by atoms with Gasteiger partial charge in [0.2, 0.25) is 11.8 Å². The number of carbonyl (C=O) groups is 2. The van der Waals surface area contributed by atoms with Gasteiger partial charge in [-0.05, 0) is 49.1 Å². The Kier molecular flexibility index (Phi) is 5.72. The molecule has 2 saturated heterocycles. The van der Waals surface area contributed by atoms with Crippen molar-refractivity contribution in [3.8, 4) is 0 Å². The number of likely N-dealkylation sites (tertiary alicyclic amines) is 2. The summed E-state index contributed by atoms with van der Waals surface area (Å²) < 4.78 is 0. The number of hydrogen-bond acceptors (Lipinski definition) is 3. The smallest absolute Gasteiger partial charge is 0.241 e. The predicted octanol–water partition coefficient (Wildman–Crippen LogP) is 3.41. The number of carbonyl (C=O) groups excluding carboxylic acids is 2. The highest BCUT2D eigenvalue weighted by Crippen LogP contribution is 2.22. The van der Waals surface area contributed by atoms with Crippen LogP contribution in [0.4, 0.5) is 5.69 Å². The summed E-state index contributed by atoms with van der Waals surface area (Å²) in [5.74, 6) is 0.278. The molecule has 0 aliphatic carbocycles. The lowest BCUT2D eigenvalue weighted by Gasteiger charge is -2.24. The summed E-state index contributed by atoms with van der Waals surface area (Å²) in [5.41, 5.74) is 3.10. The first-order valence-corrected chi connectivity index (χ1v) is 10.1. The Hall–Kier alpha value is -2.66. The van der Waals surface area contributed by atoms with E-state index in [1.165, 1.54) is 5.56 Å². The number of nitrogens with zero attached hydrogens (tertiary/aromatic N) is 2. The third-order valence-corrected chi connectivity index (χ3v) is 5.63. The van der Waals surface area contributed by atoms with E-state index in [1.54, 1.807) is 0 Å². The van der Waals surface area contributed by atoms with Gasteiger partial charge in [-0.1, -0.05) is 42.5 Å². The first-order valence-electron chi connectivity index (χ1n) is 10.1. The molecule has 2 heterocycles. The van der Waals surface area contributed by atoms with Gasteiger partial charge in [-0.2, -0.15) is 0 Å². The Bertz CT molecular complexity index is 837.